The Labute approximate surface area is 168 Å². The lowest BCUT2D eigenvalue weighted by Gasteiger charge is -2.36. The van der Waals surface area contributed by atoms with Crippen LogP contribution in [0.3, 0.4) is 0 Å². The van der Waals surface area contributed by atoms with Gasteiger partial charge < -0.3 is 15.1 Å². The fourth-order valence-electron chi connectivity index (χ4n) is 3.35. The Morgan fingerprint density at radius 3 is 2.50 bits per heavy atom. The zero-order valence-corrected chi connectivity index (χ0v) is 17.3. The molecule has 3 rings (SSSR count). The van der Waals surface area contributed by atoms with E-state index in [2.05, 4.69) is 63.4 Å². The van der Waals surface area contributed by atoms with Crippen molar-refractivity contribution in [3.05, 3.63) is 59.8 Å². The number of benzene rings is 1. The zero-order valence-electron chi connectivity index (χ0n) is 17.3. The topological polar surface area (TPSA) is 47.0 Å². The Morgan fingerprint density at radius 2 is 1.82 bits per heavy atom. The van der Waals surface area contributed by atoms with E-state index in [1.54, 1.807) is 0 Å². The van der Waals surface area contributed by atoms with Crippen molar-refractivity contribution in [1.82, 2.24) is 20.1 Å². The van der Waals surface area contributed by atoms with Crippen molar-refractivity contribution in [2.24, 2.45) is 4.99 Å². The van der Waals surface area contributed by atoms with Crippen LogP contribution in [0.5, 0.6) is 0 Å². The van der Waals surface area contributed by atoms with Crippen molar-refractivity contribution in [3.8, 4) is 0 Å². The summed E-state index contributed by atoms with van der Waals surface area (Å²) in [6, 6.07) is 14.8. The van der Waals surface area contributed by atoms with Gasteiger partial charge in [0.15, 0.2) is 5.96 Å². The molecule has 1 fully saturated rings. The number of rotatable bonds is 6. The molecule has 0 atom stereocenters. The van der Waals surface area contributed by atoms with Gasteiger partial charge in [-0.15, -0.1) is 0 Å². The molecule has 1 saturated heterocycles. The summed E-state index contributed by atoms with van der Waals surface area (Å²) >= 11 is 0. The lowest BCUT2D eigenvalue weighted by Crippen LogP contribution is -2.52. The van der Waals surface area contributed by atoms with Gasteiger partial charge in [0.25, 0.3) is 0 Å². The molecular weight excluding hydrogens is 348 g/mol. The fraction of sp³-hybridized carbons (Fsp3) is 0.455. The minimum atomic E-state index is 0.663. The van der Waals surface area contributed by atoms with Gasteiger partial charge in [0.2, 0.25) is 0 Å². The number of piperazine rings is 1. The highest BCUT2D eigenvalue weighted by molar-refractivity contribution is 5.80. The molecule has 1 aliphatic heterocycles. The van der Waals surface area contributed by atoms with Crippen LogP contribution >= 0.6 is 0 Å². The molecule has 6 nitrogen and oxygen atoms in total. The van der Waals surface area contributed by atoms with Crippen molar-refractivity contribution >= 4 is 11.8 Å². The number of pyridine rings is 1. The van der Waals surface area contributed by atoms with Gasteiger partial charge in [-0.05, 0) is 30.2 Å². The number of hydrogen-bond donors (Lipinski definition) is 1. The second-order valence-corrected chi connectivity index (χ2v) is 7.34. The van der Waals surface area contributed by atoms with E-state index in [1.807, 2.05) is 31.3 Å². The highest BCUT2D eigenvalue weighted by Crippen LogP contribution is 2.12. The van der Waals surface area contributed by atoms with Crippen LogP contribution in [-0.4, -0.2) is 67.6 Å². The first-order chi connectivity index (χ1) is 13.7. The molecule has 28 heavy (non-hydrogen) atoms. The lowest BCUT2D eigenvalue weighted by molar-refractivity contribution is 0.172. The molecule has 0 unspecified atom stereocenters. The number of anilines is 1. The van der Waals surface area contributed by atoms with E-state index < -0.39 is 0 Å². The van der Waals surface area contributed by atoms with Crippen molar-refractivity contribution in [2.75, 3.05) is 51.7 Å². The van der Waals surface area contributed by atoms with Gasteiger partial charge >= 0.3 is 0 Å². The van der Waals surface area contributed by atoms with Crippen molar-refractivity contribution in [3.63, 3.8) is 0 Å². The van der Waals surface area contributed by atoms with Gasteiger partial charge in [0.05, 0.1) is 6.54 Å². The van der Waals surface area contributed by atoms with Crippen LogP contribution in [-0.2, 0) is 13.1 Å². The Balaban J connectivity index is 1.58. The molecule has 0 amide bonds. The quantitative estimate of drug-likeness (QED) is 0.616. The third-order valence-electron chi connectivity index (χ3n) is 4.94. The maximum atomic E-state index is 4.88. The molecule has 6 heteroatoms. The van der Waals surface area contributed by atoms with E-state index >= 15 is 0 Å². The summed E-state index contributed by atoms with van der Waals surface area (Å²) in [5, 5.41) is 3.46. The minimum absolute atomic E-state index is 0.663. The fourth-order valence-corrected chi connectivity index (χ4v) is 3.35. The monoisotopic (exact) mass is 380 g/mol. The SMILES string of the molecule is CCNC(=NCc1ccnc(N(C)C)c1)N1CCN(Cc2ccccc2)CC1. The Morgan fingerprint density at radius 1 is 1.07 bits per heavy atom. The van der Waals surface area contributed by atoms with Crippen LogP contribution in [0.25, 0.3) is 0 Å². The summed E-state index contributed by atoms with van der Waals surface area (Å²) in [7, 11) is 4.02. The van der Waals surface area contributed by atoms with Crippen LogP contribution in [0, 0.1) is 0 Å². The first-order valence-corrected chi connectivity index (χ1v) is 10.1. The van der Waals surface area contributed by atoms with E-state index in [9.17, 15) is 0 Å². The molecule has 1 aromatic heterocycles. The van der Waals surface area contributed by atoms with E-state index in [-0.39, 0.29) is 0 Å². The van der Waals surface area contributed by atoms with Crippen LogP contribution < -0.4 is 10.2 Å². The summed E-state index contributed by atoms with van der Waals surface area (Å²) in [5.41, 5.74) is 2.56. The smallest absolute Gasteiger partial charge is 0.194 e. The lowest BCUT2D eigenvalue weighted by atomic mass is 10.2. The van der Waals surface area contributed by atoms with Crippen molar-refractivity contribution in [1.29, 1.82) is 0 Å². The van der Waals surface area contributed by atoms with Gasteiger partial charge in [-0.1, -0.05) is 30.3 Å². The Bertz CT molecular complexity index is 751. The maximum absolute atomic E-state index is 4.88. The predicted molar refractivity (Wildman–Crippen MR) is 117 cm³/mol. The molecule has 0 bridgehead atoms. The predicted octanol–water partition coefficient (Wildman–Crippen LogP) is 2.43. The van der Waals surface area contributed by atoms with Gasteiger partial charge in [-0.25, -0.2) is 9.98 Å². The van der Waals surface area contributed by atoms with Gasteiger partial charge in [0.1, 0.15) is 5.82 Å². The van der Waals surface area contributed by atoms with Crippen LogP contribution in [0.2, 0.25) is 0 Å². The molecular formula is C22H32N6. The summed E-state index contributed by atoms with van der Waals surface area (Å²) in [5.74, 6) is 1.97. The first-order valence-electron chi connectivity index (χ1n) is 10.1. The van der Waals surface area contributed by atoms with Crippen LogP contribution in [0.1, 0.15) is 18.1 Å². The molecule has 1 aromatic carbocycles. The number of nitrogens with one attached hydrogen (secondary N) is 1. The van der Waals surface area contributed by atoms with Gasteiger partial charge in [-0.3, -0.25) is 4.90 Å². The average Bonchev–Trinajstić information content (AvgIpc) is 2.73. The average molecular weight is 381 g/mol. The molecule has 0 radical (unpaired) electrons. The molecule has 0 saturated carbocycles. The summed E-state index contributed by atoms with van der Waals surface area (Å²) in [4.78, 5) is 16.2. The molecule has 1 aliphatic rings. The van der Waals surface area contributed by atoms with Crippen LogP contribution in [0.15, 0.2) is 53.7 Å². The number of guanidine groups is 1. The summed E-state index contributed by atoms with van der Waals surface area (Å²) in [6.45, 7) is 8.79. The first kappa shape index (κ1) is 20.1. The normalized spacial score (nSPS) is 15.5. The number of hydrogen-bond acceptors (Lipinski definition) is 4. The Hall–Kier alpha value is -2.60. The van der Waals surface area contributed by atoms with E-state index in [4.69, 9.17) is 4.99 Å². The highest BCUT2D eigenvalue weighted by Gasteiger charge is 2.19. The number of nitrogens with zero attached hydrogens (tertiary/aromatic N) is 5. The zero-order chi connectivity index (χ0) is 19.8. The second-order valence-electron chi connectivity index (χ2n) is 7.34. The van der Waals surface area contributed by atoms with E-state index in [1.165, 1.54) is 11.1 Å². The molecule has 150 valence electrons. The van der Waals surface area contributed by atoms with Crippen LogP contribution in [0.4, 0.5) is 5.82 Å². The molecule has 1 N–H and O–H groups in total. The second kappa shape index (κ2) is 10.1. The summed E-state index contributed by atoms with van der Waals surface area (Å²) < 4.78 is 0. The highest BCUT2D eigenvalue weighted by atomic mass is 15.3. The van der Waals surface area contributed by atoms with E-state index in [0.717, 1.165) is 51.0 Å². The van der Waals surface area contributed by atoms with Crippen molar-refractivity contribution < 1.29 is 0 Å². The molecule has 0 aliphatic carbocycles. The standard InChI is InChI=1S/C22H32N6/c1-4-23-22(25-17-20-10-11-24-21(16-20)26(2)3)28-14-12-27(13-15-28)18-19-8-6-5-7-9-19/h5-11,16H,4,12-15,17-18H2,1-3H3,(H,23,25). The summed E-state index contributed by atoms with van der Waals surface area (Å²) in [6.07, 6.45) is 1.86. The maximum Gasteiger partial charge on any atom is 0.194 e. The van der Waals surface area contributed by atoms with Crippen molar-refractivity contribution in [2.45, 2.75) is 20.0 Å². The van der Waals surface area contributed by atoms with Gasteiger partial charge in [-0.2, -0.15) is 0 Å². The Kier molecular flexibility index (Phi) is 7.25. The molecule has 2 heterocycles. The molecule has 2 aromatic rings. The third-order valence-corrected chi connectivity index (χ3v) is 4.94. The molecule has 0 spiro atoms. The minimum Gasteiger partial charge on any atom is -0.363 e. The van der Waals surface area contributed by atoms with Gasteiger partial charge in [0, 0.05) is 59.6 Å². The number of aromatic nitrogens is 1. The third kappa shape index (κ3) is 5.70. The number of aliphatic imine (C=N–C) groups is 1. The largest absolute Gasteiger partial charge is 0.363 e. The van der Waals surface area contributed by atoms with E-state index in [0.29, 0.717) is 6.54 Å².